The minimum Gasteiger partial charge on any atom is -0.305 e. The summed E-state index contributed by atoms with van der Waals surface area (Å²) in [6.07, 6.45) is 3.08. The van der Waals surface area contributed by atoms with Crippen molar-refractivity contribution in [2.45, 2.75) is 37.8 Å². The monoisotopic (exact) mass is 296 g/mol. The van der Waals surface area contributed by atoms with Gasteiger partial charge in [-0.1, -0.05) is 30.5 Å². The van der Waals surface area contributed by atoms with E-state index in [1.54, 1.807) is 12.1 Å². The van der Waals surface area contributed by atoms with Crippen LogP contribution in [0.3, 0.4) is 0 Å². The first-order chi connectivity index (χ1) is 9.53. The third-order valence-corrected chi connectivity index (χ3v) is 4.41. The van der Waals surface area contributed by atoms with E-state index in [-0.39, 0.29) is 12.5 Å². The fourth-order valence-corrected chi connectivity index (χ4v) is 3.26. The van der Waals surface area contributed by atoms with Crippen molar-refractivity contribution in [1.29, 1.82) is 0 Å². The van der Waals surface area contributed by atoms with Gasteiger partial charge in [-0.2, -0.15) is 0 Å². The Kier molecular flexibility index (Phi) is 3.17. The van der Waals surface area contributed by atoms with Crippen molar-refractivity contribution in [3.05, 3.63) is 34.6 Å². The van der Waals surface area contributed by atoms with Crippen molar-refractivity contribution in [2.75, 3.05) is 0 Å². The van der Waals surface area contributed by atoms with Gasteiger partial charge < -0.3 is 4.90 Å². The van der Waals surface area contributed by atoms with Crippen LogP contribution in [0.15, 0.2) is 18.2 Å². The van der Waals surface area contributed by atoms with E-state index in [2.05, 4.69) is 5.32 Å². The van der Waals surface area contributed by atoms with Crippen molar-refractivity contribution in [1.82, 2.24) is 10.2 Å². The van der Waals surface area contributed by atoms with Gasteiger partial charge in [0.15, 0.2) is 0 Å². The average molecular weight is 297 g/mol. The lowest BCUT2D eigenvalue weighted by Gasteiger charge is -2.31. The fraction of sp³-hybridized carbons (Fsp3) is 0.429. The summed E-state index contributed by atoms with van der Waals surface area (Å²) in [5, 5.41) is 2.66. The Bertz CT molecular complexity index is 585. The van der Waals surface area contributed by atoms with E-state index in [0.717, 1.165) is 12.8 Å². The first-order valence-electron chi connectivity index (χ1n) is 6.60. The maximum atomic E-state index is 13.9. The molecule has 1 saturated carbocycles. The van der Waals surface area contributed by atoms with Gasteiger partial charge in [-0.15, -0.1) is 0 Å². The minimum atomic E-state index is -0.789. The highest BCUT2D eigenvalue weighted by atomic mass is 35.5. The van der Waals surface area contributed by atoms with Gasteiger partial charge in [0.2, 0.25) is 0 Å². The maximum absolute atomic E-state index is 13.9. The van der Waals surface area contributed by atoms with Gasteiger partial charge in [0.1, 0.15) is 11.4 Å². The number of rotatable bonds is 2. The standard InChI is InChI=1S/C14H14ClFN2O2/c15-10-4-3-9(11(16)7-10)8-18-13(20)17-12(19)14(18)5-1-2-6-14/h3-4,7H,1-2,5-6,8H2,(H,17,19,20). The largest absolute Gasteiger partial charge is 0.325 e. The zero-order chi connectivity index (χ0) is 14.3. The predicted molar refractivity (Wildman–Crippen MR) is 71.7 cm³/mol. The van der Waals surface area contributed by atoms with E-state index in [1.807, 2.05) is 0 Å². The molecule has 1 heterocycles. The number of imide groups is 1. The zero-order valence-corrected chi connectivity index (χ0v) is 11.5. The van der Waals surface area contributed by atoms with Crippen LogP contribution in [0.5, 0.6) is 0 Å². The molecular formula is C14H14ClFN2O2. The van der Waals surface area contributed by atoms with Crippen molar-refractivity contribution < 1.29 is 14.0 Å². The van der Waals surface area contributed by atoms with E-state index < -0.39 is 17.4 Å². The van der Waals surface area contributed by atoms with Crippen LogP contribution < -0.4 is 5.32 Å². The second-order valence-electron chi connectivity index (χ2n) is 5.32. The second-order valence-corrected chi connectivity index (χ2v) is 5.76. The molecule has 4 nitrogen and oxygen atoms in total. The molecule has 1 spiro atoms. The molecule has 6 heteroatoms. The lowest BCUT2D eigenvalue weighted by atomic mass is 9.95. The number of amides is 3. The Hall–Kier alpha value is -1.62. The Balaban J connectivity index is 1.92. The maximum Gasteiger partial charge on any atom is 0.325 e. The predicted octanol–water partition coefficient (Wildman–Crippen LogP) is 2.84. The summed E-state index contributed by atoms with van der Waals surface area (Å²) in [6, 6.07) is 3.91. The van der Waals surface area contributed by atoms with Gasteiger partial charge >= 0.3 is 6.03 Å². The molecule has 106 valence electrons. The zero-order valence-electron chi connectivity index (χ0n) is 10.8. The molecule has 1 N–H and O–H groups in total. The van der Waals surface area contributed by atoms with Crippen LogP contribution in [0, 0.1) is 5.82 Å². The van der Waals surface area contributed by atoms with Gasteiger partial charge in [0, 0.05) is 10.6 Å². The van der Waals surface area contributed by atoms with Crippen LogP contribution >= 0.6 is 11.6 Å². The first kappa shape index (κ1) is 13.4. The lowest BCUT2D eigenvalue weighted by Crippen LogP contribution is -2.46. The van der Waals surface area contributed by atoms with Gasteiger partial charge in [0.05, 0.1) is 6.54 Å². The molecule has 2 fully saturated rings. The molecular weight excluding hydrogens is 283 g/mol. The van der Waals surface area contributed by atoms with Crippen LogP contribution in [0.1, 0.15) is 31.2 Å². The van der Waals surface area contributed by atoms with Crippen LogP contribution in [0.25, 0.3) is 0 Å². The molecule has 0 aromatic heterocycles. The van der Waals surface area contributed by atoms with Crippen molar-refractivity contribution in [3.63, 3.8) is 0 Å². The summed E-state index contributed by atoms with van der Waals surface area (Å²) < 4.78 is 13.9. The number of nitrogens with one attached hydrogen (secondary N) is 1. The van der Waals surface area contributed by atoms with E-state index in [1.165, 1.54) is 11.0 Å². The molecule has 0 atom stereocenters. The van der Waals surface area contributed by atoms with E-state index in [4.69, 9.17) is 11.6 Å². The number of hydrogen-bond acceptors (Lipinski definition) is 2. The third-order valence-electron chi connectivity index (χ3n) is 4.18. The number of carbonyl (C=O) groups excluding carboxylic acids is 2. The molecule has 3 amide bonds. The molecule has 20 heavy (non-hydrogen) atoms. The second kappa shape index (κ2) is 4.74. The van der Waals surface area contributed by atoms with Crippen molar-refractivity contribution >= 4 is 23.5 Å². The first-order valence-corrected chi connectivity index (χ1v) is 6.98. The van der Waals surface area contributed by atoms with Gasteiger partial charge in [0.25, 0.3) is 5.91 Å². The van der Waals surface area contributed by atoms with E-state index >= 15 is 0 Å². The molecule has 1 saturated heterocycles. The third kappa shape index (κ3) is 1.97. The van der Waals surface area contributed by atoms with Gasteiger partial charge in [-0.05, 0) is 25.0 Å². The van der Waals surface area contributed by atoms with Crippen LogP contribution in [-0.2, 0) is 11.3 Å². The molecule has 3 rings (SSSR count). The van der Waals surface area contributed by atoms with Crippen LogP contribution in [0.2, 0.25) is 5.02 Å². The van der Waals surface area contributed by atoms with Gasteiger partial charge in [-0.25, -0.2) is 9.18 Å². The summed E-state index contributed by atoms with van der Waals surface area (Å²) in [6.45, 7) is 0.0839. The highest BCUT2D eigenvalue weighted by Gasteiger charge is 2.53. The Morgan fingerprint density at radius 3 is 2.65 bits per heavy atom. The number of carbonyl (C=O) groups is 2. The average Bonchev–Trinajstić information content (AvgIpc) is 2.95. The molecule has 0 radical (unpaired) electrons. The molecule has 1 aromatic rings. The SMILES string of the molecule is O=C1NC(=O)C2(CCCC2)N1Cc1ccc(Cl)cc1F. The summed E-state index contributed by atoms with van der Waals surface area (Å²) >= 11 is 5.72. The van der Waals surface area contributed by atoms with Crippen LogP contribution in [0.4, 0.5) is 9.18 Å². The summed E-state index contributed by atoms with van der Waals surface area (Å²) in [5.74, 6) is -0.716. The summed E-state index contributed by atoms with van der Waals surface area (Å²) in [5.41, 5.74) is -0.422. The minimum absolute atomic E-state index is 0.0839. The van der Waals surface area contributed by atoms with E-state index in [9.17, 15) is 14.0 Å². The van der Waals surface area contributed by atoms with Crippen LogP contribution in [-0.4, -0.2) is 22.4 Å². The number of benzene rings is 1. The highest BCUT2D eigenvalue weighted by Crippen LogP contribution is 2.39. The van der Waals surface area contributed by atoms with Crippen molar-refractivity contribution in [2.24, 2.45) is 0 Å². The normalized spacial score (nSPS) is 20.8. The number of hydrogen-bond donors (Lipinski definition) is 1. The molecule has 2 aliphatic rings. The molecule has 1 aliphatic heterocycles. The lowest BCUT2D eigenvalue weighted by molar-refractivity contribution is -0.126. The van der Waals surface area contributed by atoms with E-state index in [0.29, 0.717) is 23.4 Å². The summed E-state index contributed by atoms with van der Waals surface area (Å²) in [4.78, 5) is 25.5. The topological polar surface area (TPSA) is 49.4 Å². The molecule has 1 aromatic carbocycles. The highest BCUT2D eigenvalue weighted by molar-refractivity contribution is 6.30. The van der Waals surface area contributed by atoms with Crippen molar-refractivity contribution in [3.8, 4) is 0 Å². The van der Waals surface area contributed by atoms with Gasteiger partial charge in [-0.3, -0.25) is 10.1 Å². The number of nitrogens with zero attached hydrogens (tertiary/aromatic N) is 1. The smallest absolute Gasteiger partial charge is 0.305 e. The molecule has 0 bridgehead atoms. The summed E-state index contributed by atoms with van der Waals surface area (Å²) in [7, 11) is 0. The number of urea groups is 1. The Morgan fingerprint density at radius 1 is 1.30 bits per heavy atom. The molecule has 1 aliphatic carbocycles. The quantitative estimate of drug-likeness (QED) is 0.853. The Morgan fingerprint density at radius 2 is 2.00 bits per heavy atom. The Labute approximate surface area is 120 Å². The fourth-order valence-electron chi connectivity index (χ4n) is 3.10. The number of halogens is 2. The molecule has 0 unspecified atom stereocenters.